The number of aromatic carboxylic acids is 1. The normalized spacial score (nSPS) is 13.8. The maximum Gasteiger partial charge on any atom is 0.356 e. The maximum atomic E-state index is 12.5. The first-order valence-corrected chi connectivity index (χ1v) is 7.69. The van der Waals surface area contributed by atoms with Crippen LogP contribution in [0, 0.1) is 0 Å². The lowest BCUT2D eigenvalue weighted by molar-refractivity contribution is -0.133. The number of aromatic nitrogens is 3. The number of aromatic amines is 1. The average molecular weight is 329 g/mol. The van der Waals surface area contributed by atoms with Gasteiger partial charge in [0.2, 0.25) is 5.91 Å². The van der Waals surface area contributed by atoms with Gasteiger partial charge in [-0.2, -0.15) is 5.10 Å². The van der Waals surface area contributed by atoms with Gasteiger partial charge >= 0.3 is 5.97 Å². The van der Waals surface area contributed by atoms with Crippen LogP contribution >= 0.6 is 0 Å². The van der Waals surface area contributed by atoms with E-state index in [1.54, 1.807) is 17.3 Å². The second-order valence-electron chi connectivity index (χ2n) is 5.93. The number of hydrogen-bond donors (Lipinski definition) is 2. The summed E-state index contributed by atoms with van der Waals surface area (Å²) in [5.41, 5.74) is 2.51. The number of hydrogen-bond acceptors (Lipinski definition) is 5. The molecule has 3 heterocycles. The van der Waals surface area contributed by atoms with E-state index in [1.165, 1.54) is 0 Å². The van der Waals surface area contributed by atoms with Crippen LogP contribution in [0.1, 0.15) is 27.3 Å². The third-order valence-corrected chi connectivity index (χ3v) is 4.10. The van der Waals surface area contributed by atoms with Gasteiger partial charge in [-0.05, 0) is 24.7 Å². The third-order valence-electron chi connectivity index (χ3n) is 4.10. The molecule has 24 heavy (non-hydrogen) atoms. The monoisotopic (exact) mass is 329 g/mol. The van der Waals surface area contributed by atoms with Gasteiger partial charge in [-0.15, -0.1) is 0 Å². The summed E-state index contributed by atoms with van der Waals surface area (Å²) < 4.78 is 0. The highest BCUT2D eigenvalue weighted by Crippen LogP contribution is 2.20. The molecule has 2 aromatic rings. The molecular formula is C16H19N5O3. The quantitative estimate of drug-likeness (QED) is 0.829. The molecule has 0 saturated heterocycles. The molecule has 0 aromatic carbocycles. The molecule has 0 saturated carbocycles. The zero-order chi connectivity index (χ0) is 17.1. The Morgan fingerprint density at radius 2 is 2.12 bits per heavy atom. The summed E-state index contributed by atoms with van der Waals surface area (Å²) in [4.78, 5) is 31.3. The molecule has 0 aliphatic carbocycles. The highest BCUT2D eigenvalue weighted by molar-refractivity contribution is 5.88. The minimum atomic E-state index is -1.07. The Kier molecular flexibility index (Phi) is 4.57. The van der Waals surface area contributed by atoms with E-state index in [0.29, 0.717) is 25.1 Å². The Morgan fingerprint density at radius 3 is 2.83 bits per heavy atom. The molecule has 8 nitrogen and oxygen atoms in total. The first-order chi connectivity index (χ1) is 11.5. The fraction of sp³-hybridized carbons (Fsp3) is 0.375. The van der Waals surface area contributed by atoms with E-state index in [9.17, 15) is 9.59 Å². The largest absolute Gasteiger partial charge is 0.476 e. The van der Waals surface area contributed by atoms with E-state index in [4.69, 9.17) is 5.11 Å². The summed E-state index contributed by atoms with van der Waals surface area (Å²) in [6.45, 7) is 1.78. The SMILES string of the molecule is CN(CC(=O)N1CCc2[nH]nc(C(=O)O)c2C1)Cc1ccncc1. The first-order valence-electron chi connectivity index (χ1n) is 7.69. The van der Waals surface area contributed by atoms with Gasteiger partial charge in [0.15, 0.2) is 5.69 Å². The molecule has 1 amide bonds. The van der Waals surface area contributed by atoms with Gasteiger partial charge < -0.3 is 10.0 Å². The predicted octanol–water partition coefficient (Wildman–Crippen LogP) is 0.520. The average Bonchev–Trinajstić information content (AvgIpc) is 2.98. The number of fused-ring (bicyclic) bond motifs is 1. The lowest BCUT2D eigenvalue weighted by atomic mass is 10.1. The molecule has 3 rings (SSSR count). The maximum absolute atomic E-state index is 12.5. The van der Waals surface area contributed by atoms with Crippen LogP contribution in [0.5, 0.6) is 0 Å². The number of carbonyl (C=O) groups excluding carboxylic acids is 1. The number of rotatable bonds is 5. The molecule has 2 N–H and O–H groups in total. The smallest absolute Gasteiger partial charge is 0.356 e. The standard InChI is InChI=1S/C16H19N5O3/c1-20(8-11-2-5-17-6-3-11)10-14(22)21-7-4-13-12(9-21)15(16(23)24)19-18-13/h2-3,5-6H,4,7-10H2,1H3,(H,18,19)(H,23,24). The Bertz CT molecular complexity index is 743. The van der Waals surface area contributed by atoms with E-state index in [1.807, 2.05) is 24.1 Å². The molecule has 2 aromatic heterocycles. The van der Waals surface area contributed by atoms with Crippen LogP contribution in [0.4, 0.5) is 0 Å². The number of H-pyrrole nitrogens is 1. The number of carboxylic acids is 1. The number of amides is 1. The van der Waals surface area contributed by atoms with Crippen molar-refractivity contribution in [2.75, 3.05) is 20.1 Å². The fourth-order valence-electron chi connectivity index (χ4n) is 2.87. The van der Waals surface area contributed by atoms with Gasteiger partial charge in [0.05, 0.1) is 6.54 Å². The van der Waals surface area contributed by atoms with Crippen molar-refractivity contribution in [2.24, 2.45) is 0 Å². The van der Waals surface area contributed by atoms with Crippen molar-refractivity contribution in [3.05, 3.63) is 47.0 Å². The minimum absolute atomic E-state index is 0.00707. The van der Waals surface area contributed by atoms with Crippen molar-refractivity contribution in [1.82, 2.24) is 25.0 Å². The molecule has 0 spiro atoms. The lowest BCUT2D eigenvalue weighted by Crippen LogP contribution is -2.41. The van der Waals surface area contributed by atoms with Crippen LogP contribution in [-0.4, -0.2) is 62.1 Å². The molecule has 0 radical (unpaired) electrons. The van der Waals surface area contributed by atoms with E-state index in [-0.39, 0.29) is 24.7 Å². The Labute approximate surface area is 139 Å². The Balaban J connectivity index is 1.61. The van der Waals surface area contributed by atoms with E-state index >= 15 is 0 Å². The van der Waals surface area contributed by atoms with Gasteiger partial charge in [0.1, 0.15) is 0 Å². The highest BCUT2D eigenvalue weighted by atomic mass is 16.4. The van der Waals surface area contributed by atoms with E-state index in [2.05, 4.69) is 15.2 Å². The second kappa shape index (κ2) is 6.79. The zero-order valence-electron chi connectivity index (χ0n) is 13.4. The van der Waals surface area contributed by atoms with Crippen LogP contribution in [0.3, 0.4) is 0 Å². The summed E-state index contributed by atoms with van der Waals surface area (Å²) in [7, 11) is 1.88. The highest BCUT2D eigenvalue weighted by Gasteiger charge is 2.27. The zero-order valence-corrected chi connectivity index (χ0v) is 13.4. The van der Waals surface area contributed by atoms with Crippen molar-refractivity contribution in [2.45, 2.75) is 19.5 Å². The van der Waals surface area contributed by atoms with Crippen LogP contribution in [0.2, 0.25) is 0 Å². The molecule has 1 aliphatic rings. The molecule has 1 aliphatic heterocycles. The van der Waals surface area contributed by atoms with Gasteiger partial charge in [0, 0.05) is 49.7 Å². The van der Waals surface area contributed by atoms with E-state index < -0.39 is 5.97 Å². The number of carbonyl (C=O) groups is 2. The van der Waals surface area contributed by atoms with Crippen LogP contribution in [0.15, 0.2) is 24.5 Å². The summed E-state index contributed by atoms with van der Waals surface area (Å²) in [6, 6.07) is 3.83. The molecule has 126 valence electrons. The third kappa shape index (κ3) is 3.43. The van der Waals surface area contributed by atoms with Crippen LogP contribution < -0.4 is 0 Å². The molecule has 0 bridgehead atoms. The van der Waals surface area contributed by atoms with Crippen molar-refractivity contribution >= 4 is 11.9 Å². The molecular weight excluding hydrogens is 310 g/mol. The minimum Gasteiger partial charge on any atom is -0.476 e. The van der Waals surface area contributed by atoms with Crippen LogP contribution in [-0.2, 0) is 24.3 Å². The topological polar surface area (TPSA) is 102 Å². The van der Waals surface area contributed by atoms with Gasteiger partial charge in [-0.25, -0.2) is 4.79 Å². The number of likely N-dealkylation sites (N-methyl/N-ethyl adjacent to an activating group) is 1. The molecule has 8 heteroatoms. The fourth-order valence-corrected chi connectivity index (χ4v) is 2.87. The number of nitrogens with zero attached hydrogens (tertiary/aromatic N) is 4. The molecule has 0 unspecified atom stereocenters. The van der Waals surface area contributed by atoms with Crippen molar-refractivity contribution in [3.8, 4) is 0 Å². The lowest BCUT2D eigenvalue weighted by Gasteiger charge is -2.28. The van der Waals surface area contributed by atoms with E-state index in [0.717, 1.165) is 11.3 Å². The Morgan fingerprint density at radius 1 is 1.38 bits per heavy atom. The van der Waals surface area contributed by atoms with Crippen molar-refractivity contribution in [3.63, 3.8) is 0 Å². The second-order valence-corrected chi connectivity index (χ2v) is 5.93. The summed E-state index contributed by atoms with van der Waals surface area (Å²) in [5.74, 6) is -1.09. The van der Waals surface area contributed by atoms with Gasteiger partial charge in [-0.3, -0.25) is 19.8 Å². The predicted molar refractivity (Wildman–Crippen MR) is 85.2 cm³/mol. The Hall–Kier alpha value is -2.74. The summed E-state index contributed by atoms with van der Waals surface area (Å²) in [5, 5.41) is 15.7. The van der Waals surface area contributed by atoms with Crippen molar-refractivity contribution in [1.29, 1.82) is 0 Å². The number of pyridine rings is 1. The number of carboxylic acid groups (broad SMARTS) is 1. The summed E-state index contributed by atoms with van der Waals surface area (Å²) >= 11 is 0. The first kappa shape index (κ1) is 16.1. The van der Waals surface area contributed by atoms with Gasteiger partial charge in [0.25, 0.3) is 0 Å². The summed E-state index contributed by atoms with van der Waals surface area (Å²) in [6.07, 6.45) is 4.04. The van der Waals surface area contributed by atoms with Crippen LogP contribution in [0.25, 0.3) is 0 Å². The van der Waals surface area contributed by atoms with Gasteiger partial charge in [-0.1, -0.05) is 0 Å². The van der Waals surface area contributed by atoms with Crippen molar-refractivity contribution < 1.29 is 14.7 Å². The molecule has 0 fully saturated rings. The number of nitrogens with one attached hydrogen (secondary N) is 1. The molecule has 0 atom stereocenters.